The van der Waals surface area contributed by atoms with Crippen LogP contribution < -0.4 is 4.90 Å². The highest BCUT2D eigenvalue weighted by Crippen LogP contribution is 2.27. The Morgan fingerprint density at radius 2 is 1.37 bits per heavy atom. The van der Waals surface area contributed by atoms with Gasteiger partial charge in [0.15, 0.2) is 0 Å². The second-order valence-corrected chi connectivity index (χ2v) is 4.57. The summed E-state index contributed by atoms with van der Waals surface area (Å²) in [5.74, 6) is -0.212. The summed E-state index contributed by atoms with van der Waals surface area (Å²) in [5.41, 5.74) is 2.06. The van der Waals surface area contributed by atoms with Gasteiger partial charge in [-0.15, -0.1) is 0 Å². The van der Waals surface area contributed by atoms with E-state index in [1.165, 1.54) is 22.9 Å². The van der Waals surface area contributed by atoms with E-state index in [0.717, 1.165) is 11.4 Å². The lowest BCUT2D eigenvalue weighted by Gasteiger charge is -2.20. The van der Waals surface area contributed by atoms with Crippen molar-refractivity contribution in [2.24, 2.45) is 0 Å². The molecule has 0 unspecified atom stereocenters. The van der Waals surface area contributed by atoms with E-state index in [4.69, 9.17) is 0 Å². The average molecular weight is 251 g/mol. The summed E-state index contributed by atoms with van der Waals surface area (Å²) in [6.07, 6.45) is 0. The van der Waals surface area contributed by atoms with E-state index in [2.05, 4.69) is 30.3 Å². The van der Waals surface area contributed by atoms with E-state index < -0.39 is 0 Å². The molecule has 19 heavy (non-hydrogen) atoms. The van der Waals surface area contributed by atoms with Gasteiger partial charge in [0.2, 0.25) is 0 Å². The number of fused-ring (bicyclic) bond motifs is 1. The molecule has 0 aliphatic carbocycles. The SMILES string of the molecule is CN(c1ccc(F)cc1)c1ccc2ccccc2c1. The van der Waals surface area contributed by atoms with Crippen molar-refractivity contribution in [3.63, 3.8) is 0 Å². The van der Waals surface area contributed by atoms with Gasteiger partial charge >= 0.3 is 0 Å². The topological polar surface area (TPSA) is 3.24 Å². The smallest absolute Gasteiger partial charge is 0.123 e. The Balaban J connectivity index is 2.01. The van der Waals surface area contributed by atoms with Gasteiger partial charge in [-0.25, -0.2) is 4.39 Å². The van der Waals surface area contributed by atoms with Crippen LogP contribution in [0.4, 0.5) is 15.8 Å². The highest BCUT2D eigenvalue weighted by molar-refractivity contribution is 5.86. The van der Waals surface area contributed by atoms with Crippen LogP contribution in [0.5, 0.6) is 0 Å². The van der Waals surface area contributed by atoms with E-state index in [-0.39, 0.29) is 5.82 Å². The molecule has 0 bridgehead atoms. The molecule has 3 aromatic rings. The predicted octanol–water partition coefficient (Wildman–Crippen LogP) is 4.75. The predicted molar refractivity (Wildman–Crippen MR) is 78.4 cm³/mol. The first kappa shape index (κ1) is 11.7. The van der Waals surface area contributed by atoms with Crippen molar-refractivity contribution in [3.05, 3.63) is 72.5 Å². The first-order chi connectivity index (χ1) is 9.24. The van der Waals surface area contributed by atoms with Gasteiger partial charge in [-0.3, -0.25) is 0 Å². The fourth-order valence-electron chi connectivity index (χ4n) is 2.20. The third-order valence-electron chi connectivity index (χ3n) is 3.33. The molecule has 0 heterocycles. The third-order valence-corrected chi connectivity index (χ3v) is 3.33. The highest BCUT2D eigenvalue weighted by Gasteiger charge is 2.04. The molecule has 0 saturated carbocycles. The fourth-order valence-corrected chi connectivity index (χ4v) is 2.20. The van der Waals surface area contributed by atoms with Crippen molar-refractivity contribution >= 4 is 22.1 Å². The van der Waals surface area contributed by atoms with Crippen LogP contribution in [0.1, 0.15) is 0 Å². The molecule has 94 valence electrons. The summed E-state index contributed by atoms with van der Waals surface area (Å²) >= 11 is 0. The lowest BCUT2D eigenvalue weighted by molar-refractivity contribution is 0.628. The molecule has 0 saturated heterocycles. The zero-order valence-corrected chi connectivity index (χ0v) is 10.7. The molecular weight excluding hydrogens is 237 g/mol. The van der Waals surface area contributed by atoms with Crippen LogP contribution in [0.15, 0.2) is 66.7 Å². The van der Waals surface area contributed by atoms with Crippen molar-refractivity contribution in [3.8, 4) is 0 Å². The maximum Gasteiger partial charge on any atom is 0.123 e. The molecule has 0 aliphatic heterocycles. The van der Waals surface area contributed by atoms with Crippen molar-refractivity contribution in [2.75, 3.05) is 11.9 Å². The third kappa shape index (κ3) is 2.29. The van der Waals surface area contributed by atoms with Crippen molar-refractivity contribution in [1.29, 1.82) is 0 Å². The zero-order chi connectivity index (χ0) is 13.2. The van der Waals surface area contributed by atoms with Gasteiger partial charge in [0, 0.05) is 18.4 Å². The molecule has 0 N–H and O–H groups in total. The van der Waals surface area contributed by atoms with Gasteiger partial charge < -0.3 is 4.90 Å². The Hall–Kier alpha value is -2.35. The quantitative estimate of drug-likeness (QED) is 0.635. The van der Waals surface area contributed by atoms with Crippen LogP contribution in [-0.2, 0) is 0 Å². The normalized spacial score (nSPS) is 10.6. The molecule has 0 amide bonds. The summed E-state index contributed by atoms with van der Waals surface area (Å²) in [4.78, 5) is 2.05. The maximum absolute atomic E-state index is 12.9. The van der Waals surface area contributed by atoms with Gasteiger partial charge in [0.05, 0.1) is 0 Å². The van der Waals surface area contributed by atoms with Crippen molar-refractivity contribution in [2.45, 2.75) is 0 Å². The minimum absolute atomic E-state index is 0.212. The van der Waals surface area contributed by atoms with Crippen LogP contribution in [-0.4, -0.2) is 7.05 Å². The van der Waals surface area contributed by atoms with Gasteiger partial charge in [0.1, 0.15) is 5.82 Å². The molecule has 0 fully saturated rings. The number of halogens is 1. The van der Waals surface area contributed by atoms with Crippen molar-refractivity contribution in [1.82, 2.24) is 0 Å². The van der Waals surface area contributed by atoms with E-state index in [9.17, 15) is 4.39 Å². The summed E-state index contributed by atoms with van der Waals surface area (Å²) in [6.45, 7) is 0. The van der Waals surface area contributed by atoms with Gasteiger partial charge in [0.25, 0.3) is 0 Å². The van der Waals surface area contributed by atoms with Crippen LogP contribution in [0, 0.1) is 5.82 Å². The minimum Gasteiger partial charge on any atom is -0.345 e. The van der Waals surface area contributed by atoms with Gasteiger partial charge in [-0.05, 0) is 47.2 Å². The second kappa shape index (κ2) is 4.73. The molecule has 3 rings (SSSR count). The molecule has 0 atom stereocenters. The number of hydrogen-bond donors (Lipinski definition) is 0. The number of nitrogens with zero attached hydrogens (tertiary/aromatic N) is 1. The number of rotatable bonds is 2. The number of benzene rings is 3. The summed E-state index contributed by atoms with van der Waals surface area (Å²) in [6, 6.07) is 21.1. The van der Waals surface area contributed by atoms with Crippen molar-refractivity contribution < 1.29 is 4.39 Å². The molecule has 0 aliphatic rings. The molecule has 0 radical (unpaired) electrons. The molecule has 2 heteroatoms. The van der Waals surface area contributed by atoms with E-state index in [1.807, 2.05) is 24.1 Å². The first-order valence-electron chi connectivity index (χ1n) is 6.22. The molecule has 3 aromatic carbocycles. The lowest BCUT2D eigenvalue weighted by atomic mass is 10.1. The monoisotopic (exact) mass is 251 g/mol. The zero-order valence-electron chi connectivity index (χ0n) is 10.7. The molecular formula is C17H14FN. The maximum atomic E-state index is 12.9. The van der Waals surface area contributed by atoms with E-state index in [1.54, 1.807) is 12.1 Å². The largest absolute Gasteiger partial charge is 0.345 e. The standard InChI is InChI=1S/C17H14FN/c1-19(16-10-7-15(18)8-11-16)17-9-6-13-4-2-3-5-14(13)12-17/h2-12H,1H3. The Bertz CT molecular complexity index is 704. The lowest BCUT2D eigenvalue weighted by Crippen LogP contribution is -2.09. The van der Waals surface area contributed by atoms with Gasteiger partial charge in [-0.2, -0.15) is 0 Å². The minimum atomic E-state index is -0.212. The second-order valence-electron chi connectivity index (χ2n) is 4.57. The number of anilines is 2. The molecule has 0 aromatic heterocycles. The Labute approximate surface area is 111 Å². The van der Waals surface area contributed by atoms with Crippen LogP contribution >= 0.6 is 0 Å². The average Bonchev–Trinajstić information content (AvgIpc) is 2.47. The molecule has 0 spiro atoms. The number of hydrogen-bond acceptors (Lipinski definition) is 1. The highest BCUT2D eigenvalue weighted by atomic mass is 19.1. The summed E-state index contributed by atoms with van der Waals surface area (Å²) in [7, 11) is 1.98. The Morgan fingerprint density at radius 1 is 0.737 bits per heavy atom. The summed E-state index contributed by atoms with van der Waals surface area (Å²) in [5, 5.41) is 2.42. The van der Waals surface area contributed by atoms with Crippen LogP contribution in [0.2, 0.25) is 0 Å². The van der Waals surface area contributed by atoms with E-state index in [0.29, 0.717) is 0 Å². The van der Waals surface area contributed by atoms with Crippen LogP contribution in [0.25, 0.3) is 10.8 Å². The first-order valence-corrected chi connectivity index (χ1v) is 6.22. The van der Waals surface area contributed by atoms with Gasteiger partial charge in [-0.1, -0.05) is 30.3 Å². The van der Waals surface area contributed by atoms with Crippen LogP contribution in [0.3, 0.4) is 0 Å². The Kier molecular flexibility index (Phi) is 2.92. The fraction of sp³-hybridized carbons (Fsp3) is 0.0588. The molecule has 1 nitrogen and oxygen atoms in total. The van der Waals surface area contributed by atoms with E-state index >= 15 is 0 Å². The summed E-state index contributed by atoms with van der Waals surface area (Å²) < 4.78 is 12.9. The Morgan fingerprint density at radius 3 is 2.11 bits per heavy atom.